The number of hydrogen-bond acceptors (Lipinski definition) is 4. The highest BCUT2D eigenvalue weighted by Crippen LogP contribution is 2.16. The van der Waals surface area contributed by atoms with Crippen LogP contribution in [-0.2, 0) is 4.74 Å². The minimum Gasteiger partial charge on any atom is -0.378 e. The van der Waals surface area contributed by atoms with Crippen LogP contribution in [0.5, 0.6) is 0 Å². The summed E-state index contributed by atoms with van der Waals surface area (Å²) in [7, 11) is 0. The third-order valence-electron chi connectivity index (χ3n) is 4.57. The Morgan fingerprint density at radius 2 is 1.50 bits per heavy atom. The molecule has 20 heavy (non-hydrogen) atoms. The zero-order chi connectivity index (χ0) is 14.5. The van der Waals surface area contributed by atoms with Gasteiger partial charge in [0.15, 0.2) is 0 Å². The standard InChI is InChI=1S/C16H33N3O/c1-14(2)19-9-7-17(8-10-19)5-6-18-11-16(12-18)13-20-15(3)4/h14-16H,5-13H2,1-4H3. The van der Waals surface area contributed by atoms with Crippen molar-refractivity contribution >= 4 is 0 Å². The van der Waals surface area contributed by atoms with E-state index >= 15 is 0 Å². The molecule has 2 saturated heterocycles. The molecule has 0 N–H and O–H groups in total. The van der Waals surface area contributed by atoms with Crippen molar-refractivity contribution in [2.45, 2.75) is 39.8 Å². The van der Waals surface area contributed by atoms with E-state index < -0.39 is 0 Å². The van der Waals surface area contributed by atoms with Gasteiger partial charge in [-0.3, -0.25) is 9.80 Å². The van der Waals surface area contributed by atoms with Crippen LogP contribution in [0.3, 0.4) is 0 Å². The molecule has 0 amide bonds. The fourth-order valence-electron chi connectivity index (χ4n) is 3.08. The molecule has 0 saturated carbocycles. The van der Waals surface area contributed by atoms with Gasteiger partial charge in [-0.25, -0.2) is 0 Å². The van der Waals surface area contributed by atoms with Gasteiger partial charge < -0.3 is 9.64 Å². The van der Waals surface area contributed by atoms with Gasteiger partial charge in [0.25, 0.3) is 0 Å². The van der Waals surface area contributed by atoms with Crippen LogP contribution >= 0.6 is 0 Å². The van der Waals surface area contributed by atoms with E-state index in [-0.39, 0.29) is 0 Å². The maximum atomic E-state index is 5.68. The lowest BCUT2D eigenvalue weighted by Gasteiger charge is -2.42. The van der Waals surface area contributed by atoms with Gasteiger partial charge in [-0.05, 0) is 27.7 Å². The first-order valence-corrected chi connectivity index (χ1v) is 8.35. The lowest BCUT2D eigenvalue weighted by Crippen LogP contribution is -2.54. The number of piperazine rings is 1. The van der Waals surface area contributed by atoms with Crippen molar-refractivity contribution in [2.24, 2.45) is 5.92 Å². The molecule has 0 spiro atoms. The molecule has 2 rings (SSSR count). The molecule has 0 aromatic rings. The molecule has 0 bridgehead atoms. The van der Waals surface area contributed by atoms with E-state index in [1.807, 2.05) is 0 Å². The Kier molecular flexibility index (Phi) is 6.27. The van der Waals surface area contributed by atoms with E-state index in [0.717, 1.165) is 12.5 Å². The fourth-order valence-corrected chi connectivity index (χ4v) is 3.08. The molecule has 118 valence electrons. The largest absolute Gasteiger partial charge is 0.378 e. The lowest BCUT2D eigenvalue weighted by atomic mass is 10.0. The molecule has 2 aliphatic rings. The Morgan fingerprint density at radius 1 is 0.900 bits per heavy atom. The van der Waals surface area contributed by atoms with Crippen LogP contribution in [0.25, 0.3) is 0 Å². The topological polar surface area (TPSA) is 19.0 Å². The highest BCUT2D eigenvalue weighted by Gasteiger charge is 2.27. The SMILES string of the molecule is CC(C)OCC1CN(CCN2CCN(C(C)C)CC2)C1. The maximum absolute atomic E-state index is 5.68. The predicted octanol–water partition coefficient (Wildman–Crippen LogP) is 1.37. The summed E-state index contributed by atoms with van der Waals surface area (Å²) in [6.07, 6.45) is 0.376. The second kappa shape index (κ2) is 7.74. The minimum absolute atomic E-state index is 0.376. The smallest absolute Gasteiger partial charge is 0.0522 e. The van der Waals surface area contributed by atoms with Crippen molar-refractivity contribution in [3.8, 4) is 0 Å². The summed E-state index contributed by atoms with van der Waals surface area (Å²) in [5, 5.41) is 0. The second-order valence-electron chi connectivity index (χ2n) is 6.98. The maximum Gasteiger partial charge on any atom is 0.0522 e. The van der Waals surface area contributed by atoms with Gasteiger partial charge in [-0.1, -0.05) is 0 Å². The van der Waals surface area contributed by atoms with Crippen molar-refractivity contribution in [1.82, 2.24) is 14.7 Å². The molecule has 0 aromatic carbocycles. The quantitative estimate of drug-likeness (QED) is 0.702. The van der Waals surface area contributed by atoms with E-state index in [0.29, 0.717) is 12.1 Å². The zero-order valence-corrected chi connectivity index (χ0v) is 13.8. The van der Waals surface area contributed by atoms with Crippen LogP contribution in [0.15, 0.2) is 0 Å². The van der Waals surface area contributed by atoms with Crippen molar-refractivity contribution in [1.29, 1.82) is 0 Å². The van der Waals surface area contributed by atoms with Crippen molar-refractivity contribution in [3.63, 3.8) is 0 Å². The van der Waals surface area contributed by atoms with Gasteiger partial charge in [0.05, 0.1) is 12.7 Å². The number of likely N-dealkylation sites (tertiary alicyclic amines) is 1. The summed E-state index contributed by atoms with van der Waals surface area (Å²) in [4.78, 5) is 7.78. The summed E-state index contributed by atoms with van der Waals surface area (Å²) in [5.74, 6) is 0.773. The summed E-state index contributed by atoms with van der Waals surface area (Å²) >= 11 is 0. The first-order chi connectivity index (χ1) is 9.54. The van der Waals surface area contributed by atoms with E-state index in [9.17, 15) is 0 Å². The van der Waals surface area contributed by atoms with Crippen LogP contribution in [0, 0.1) is 5.92 Å². The molecular formula is C16H33N3O. The molecule has 4 nitrogen and oxygen atoms in total. The monoisotopic (exact) mass is 283 g/mol. The second-order valence-corrected chi connectivity index (χ2v) is 6.98. The van der Waals surface area contributed by atoms with E-state index in [2.05, 4.69) is 42.4 Å². The molecule has 0 radical (unpaired) electrons. The number of rotatable bonds is 7. The highest BCUT2D eigenvalue weighted by atomic mass is 16.5. The van der Waals surface area contributed by atoms with Gasteiger partial charge >= 0.3 is 0 Å². The normalized spacial score (nSPS) is 23.7. The molecule has 0 unspecified atom stereocenters. The van der Waals surface area contributed by atoms with Crippen molar-refractivity contribution in [2.75, 3.05) is 59.0 Å². The fraction of sp³-hybridized carbons (Fsp3) is 1.00. The number of hydrogen-bond donors (Lipinski definition) is 0. The average molecular weight is 283 g/mol. The Labute approximate surface area is 125 Å². The van der Waals surface area contributed by atoms with Crippen LogP contribution in [0.4, 0.5) is 0 Å². The van der Waals surface area contributed by atoms with E-state index in [4.69, 9.17) is 4.74 Å². The Morgan fingerprint density at radius 3 is 2.05 bits per heavy atom. The van der Waals surface area contributed by atoms with Crippen molar-refractivity contribution in [3.05, 3.63) is 0 Å². The molecule has 4 heteroatoms. The van der Waals surface area contributed by atoms with E-state index in [1.54, 1.807) is 0 Å². The molecule has 2 aliphatic heterocycles. The van der Waals surface area contributed by atoms with Gasteiger partial charge in [0, 0.05) is 64.3 Å². The van der Waals surface area contributed by atoms with Crippen LogP contribution in [0.1, 0.15) is 27.7 Å². The van der Waals surface area contributed by atoms with Crippen LogP contribution in [-0.4, -0.2) is 85.8 Å². The minimum atomic E-state index is 0.376. The predicted molar refractivity (Wildman–Crippen MR) is 84.2 cm³/mol. The molecule has 0 aromatic heterocycles. The summed E-state index contributed by atoms with van der Waals surface area (Å²) < 4.78 is 5.68. The number of ether oxygens (including phenoxy) is 1. The van der Waals surface area contributed by atoms with Gasteiger partial charge in [0.1, 0.15) is 0 Å². The first-order valence-electron chi connectivity index (χ1n) is 8.35. The Bertz CT molecular complexity index is 269. The molecule has 2 heterocycles. The Balaban J connectivity index is 1.51. The zero-order valence-electron chi connectivity index (χ0n) is 13.8. The first kappa shape index (κ1) is 16.2. The molecule has 0 atom stereocenters. The van der Waals surface area contributed by atoms with Gasteiger partial charge in [-0.15, -0.1) is 0 Å². The molecular weight excluding hydrogens is 250 g/mol. The number of nitrogens with zero attached hydrogens (tertiary/aromatic N) is 3. The summed E-state index contributed by atoms with van der Waals surface area (Å²) in [6, 6.07) is 0.703. The summed E-state index contributed by atoms with van der Waals surface area (Å²) in [6.45, 7) is 19.7. The third-order valence-corrected chi connectivity index (χ3v) is 4.57. The summed E-state index contributed by atoms with van der Waals surface area (Å²) in [5.41, 5.74) is 0. The third kappa shape index (κ3) is 4.99. The highest BCUT2D eigenvalue weighted by molar-refractivity contribution is 4.81. The average Bonchev–Trinajstić information content (AvgIpc) is 2.36. The van der Waals surface area contributed by atoms with Crippen LogP contribution in [0.2, 0.25) is 0 Å². The van der Waals surface area contributed by atoms with E-state index in [1.165, 1.54) is 52.4 Å². The Hall–Kier alpha value is -0.160. The molecule has 0 aliphatic carbocycles. The van der Waals surface area contributed by atoms with Crippen molar-refractivity contribution < 1.29 is 4.74 Å². The van der Waals surface area contributed by atoms with Gasteiger partial charge in [0.2, 0.25) is 0 Å². The van der Waals surface area contributed by atoms with Gasteiger partial charge in [-0.2, -0.15) is 0 Å². The lowest BCUT2D eigenvalue weighted by molar-refractivity contribution is -0.0138. The molecule has 2 fully saturated rings. The van der Waals surface area contributed by atoms with Crippen LogP contribution < -0.4 is 0 Å².